The second-order valence-electron chi connectivity index (χ2n) is 5.18. The number of hydrogen-bond donors (Lipinski definition) is 2. The van der Waals surface area contributed by atoms with Gasteiger partial charge in [-0.1, -0.05) is 6.07 Å². The molecule has 1 fully saturated rings. The molecule has 3 rings (SSSR count). The highest BCUT2D eigenvalue weighted by atomic mass is 32.2. The first-order chi connectivity index (χ1) is 8.06. The minimum atomic E-state index is -0.372. The minimum Gasteiger partial charge on any atom is -0.324 e. The highest BCUT2D eigenvalue weighted by Crippen LogP contribution is 2.43. The Kier molecular flexibility index (Phi) is 2.45. The van der Waals surface area contributed by atoms with Gasteiger partial charge in [0.1, 0.15) is 0 Å². The van der Waals surface area contributed by atoms with E-state index in [-0.39, 0.29) is 10.7 Å². The zero-order valence-corrected chi connectivity index (χ0v) is 10.9. The summed E-state index contributed by atoms with van der Waals surface area (Å²) in [6.07, 6.45) is 0. The second-order valence-corrected chi connectivity index (χ2v) is 6.84. The summed E-state index contributed by atoms with van der Waals surface area (Å²) in [5, 5.41) is 6.26. The number of fused-ring (bicyclic) bond motifs is 1. The van der Waals surface area contributed by atoms with Crippen molar-refractivity contribution in [3.8, 4) is 0 Å². The topological polar surface area (TPSA) is 41.1 Å². The van der Waals surface area contributed by atoms with Gasteiger partial charge in [0.2, 0.25) is 5.91 Å². The van der Waals surface area contributed by atoms with Crippen molar-refractivity contribution >= 4 is 23.4 Å². The number of nitrogens with one attached hydrogen (secondary N) is 2. The summed E-state index contributed by atoms with van der Waals surface area (Å²) in [6.45, 7) is 6.07. The van der Waals surface area contributed by atoms with Crippen LogP contribution in [-0.4, -0.2) is 23.7 Å². The van der Waals surface area contributed by atoms with Crippen molar-refractivity contribution in [1.82, 2.24) is 5.32 Å². The Balaban J connectivity index is 1.95. The number of hydrogen-bond acceptors (Lipinski definition) is 3. The molecule has 0 unspecified atom stereocenters. The molecule has 0 aromatic heterocycles. The molecule has 90 valence electrons. The van der Waals surface area contributed by atoms with Crippen LogP contribution in [0, 0.1) is 0 Å². The highest BCUT2D eigenvalue weighted by molar-refractivity contribution is 8.01. The van der Waals surface area contributed by atoms with Gasteiger partial charge in [-0.05, 0) is 31.5 Å². The molecule has 2 N–H and O–H groups in total. The van der Waals surface area contributed by atoms with E-state index in [1.165, 1.54) is 10.5 Å². The van der Waals surface area contributed by atoms with Crippen molar-refractivity contribution in [2.45, 2.75) is 29.4 Å². The van der Waals surface area contributed by atoms with E-state index >= 15 is 0 Å². The van der Waals surface area contributed by atoms with Gasteiger partial charge >= 0.3 is 0 Å². The normalized spacial score (nSPS) is 22.6. The van der Waals surface area contributed by atoms with E-state index in [1.54, 1.807) is 11.8 Å². The molecule has 3 nitrogen and oxygen atoms in total. The summed E-state index contributed by atoms with van der Waals surface area (Å²) in [5.74, 6) is 0.731. The average molecular weight is 248 g/mol. The molecule has 1 saturated heterocycles. The summed E-state index contributed by atoms with van der Waals surface area (Å²) in [7, 11) is 0. The van der Waals surface area contributed by atoms with Gasteiger partial charge in [0.15, 0.2) is 0 Å². The van der Waals surface area contributed by atoms with E-state index in [1.807, 2.05) is 19.9 Å². The lowest BCUT2D eigenvalue weighted by Crippen LogP contribution is -2.40. The van der Waals surface area contributed by atoms with Gasteiger partial charge in [0, 0.05) is 23.9 Å². The standard InChI is InChI=1S/C13H16N2OS/c1-13(2)12(16)15-10-4-3-8(5-11(10)17-13)9-6-14-7-9/h3-5,9,14H,6-7H2,1-2H3,(H,15,16). The van der Waals surface area contributed by atoms with Gasteiger partial charge in [-0.3, -0.25) is 4.79 Å². The van der Waals surface area contributed by atoms with Crippen LogP contribution in [0.2, 0.25) is 0 Å². The summed E-state index contributed by atoms with van der Waals surface area (Å²) >= 11 is 1.66. The summed E-state index contributed by atoms with van der Waals surface area (Å²) < 4.78 is -0.372. The maximum atomic E-state index is 11.8. The second kappa shape index (κ2) is 3.75. The molecule has 1 aromatic carbocycles. The molecule has 2 aliphatic heterocycles. The summed E-state index contributed by atoms with van der Waals surface area (Å²) in [6, 6.07) is 6.39. The predicted octanol–water partition coefficient (Wildman–Crippen LogP) is 2.20. The fourth-order valence-corrected chi connectivity index (χ4v) is 3.22. The minimum absolute atomic E-state index is 0.0908. The summed E-state index contributed by atoms with van der Waals surface area (Å²) in [5.41, 5.74) is 2.33. The molecular weight excluding hydrogens is 232 g/mol. The van der Waals surface area contributed by atoms with Crippen molar-refractivity contribution in [3.05, 3.63) is 23.8 Å². The lowest BCUT2D eigenvalue weighted by Gasteiger charge is -2.32. The Morgan fingerprint density at radius 1 is 1.35 bits per heavy atom. The molecule has 1 amide bonds. The highest BCUT2D eigenvalue weighted by Gasteiger charge is 2.34. The van der Waals surface area contributed by atoms with Crippen molar-refractivity contribution in [2.75, 3.05) is 18.4 Å². The lowest BCUT2D eigenvalue weighted by atomic mass is 9.93. The predicted molar refractivity (Wildman–Crippen MR) is 70.6 cm³/mol. The molecule has 0 spiro atoms. The summed E-state index contributed by atoms with van der Waals surface area (Å²) in [4.78, 5) is 13.0. The third kappa shape index (κ3) is 1.85. The van der Waals surface area contributed by atoms with E-state index in [0.29, 0.717) is 5.92 Å². The number of anilines is 1. The molecule has 0 bridgehead atoms. The van der Waals surface area contributed by atoms with Crippen LogP contribution >= 0.6 is 11.8 Å². The Bertz CT molecular complexity index is 480. The number of amides is 1. The molecule has 2 aliphatic rings. The fourth-order valence-electron chi connectivity index (χ4n) is 2.10. The molecule has 0 atom stereocenters. The smallest absolute Gasteiger partial charge is 0.240 e. The molecule has 17 heavy (non-hydrogen) atoms. The van der Waals surface area contributed by atoms with Crippen LogP contribution in [0.1, 0.15) is 25.3 Å². The Morgan fingerprint density at radius 3 is 2.76 bits per heavy atom. The molecule has 1 aromatic rings. The van der Waals surface area contributed by atoms with Gasteiger partial charge in [0.25, 0.3) is 0 Å². The van der Waals surface area contributed by atoms with Crippen LogP contribution in [0.3, 0.4) is 0 Å². The molecular formula is C13H16N2OS. The molecule has 0 aliphatic carbocycles. The Morgan fingerprint density at radius 2 is 2.12 bits per heavy atom. The number of carbonyl (C=O) groups excluding carboxylic acids is 1. The first-order valence-corrected chi connectivity index (χ1v) is 6.73. The van der Waals surface area contributed by atoms with Crippen LogP contribution in [-0.2, 0) is 4.79 Å². The van der Waals surface area contributed by atoms with Gasteiger partial charge in [-0.25, -0.2) is 0 Å². The van der Waals surface area contributed by atoms with Crippen LogP contribution < -0.4 is 10.6 Å². The number of benzene rings is 1. The molecule has 0 radical (unpaired) electrons. The van der Waals surface area contributed by atoms with Crippen LogP contribution in [0.5, 0.6) is 0 Å². The average Bonchev–Trinajstić information content (AvgIpc) is 2.17. The monoisotopic (exact) mass is 248 g/mol. The van der Waals surface area contributed by atoms with Gasteiger partial charge in [-0.15, -0.1) is 11.8 Å². The fraction of sp³-hybridized carbons (Fsp3) is 0.462. The first-order valence-electron chi connectivity index (χ1n) is 5.91. The van der Waals surface area contributed by atoms with Gasteiger partial charge < -0.3 is 10.6 Å². The van der Waals surface area contributed by atoms with E-state index in [0.717, 1.165) is 18.8 Å². The van der Waals surface area contributed by atoms with Gasteiger partial charge in [0.05, 0.1) is 10.4 Å². The SMILES string of the molecule is CC1(C)Sc2cc(C3CNC3)ccc2NC1=O. The maximum Gasteiger partial charge on any atom is 0.240 e. The zero-order valence-electron chi connectivity index (χ0n) is 10.0. The van der Waals surface area contributed by atoms with Crippen LogP contribution in [0.15, 0.2) is 23.1 Å². The Labute approximate surface area is 105 Å². The number of carbonyl (C=O) groups is 1. The largest absolute Gasteiger partial charge is 0.324 e. The van der Waals surface area contributed by atoms with E-state index < -0.39 is 0 Å². The van der Waals surface area contributed by atoms with Crippen molar-refractivity contribution < 1.29 is 4.79 Å². The number of rotatable bonds is 1. The molecule has 0 saturated carbocycles. The van der Waals surface area contributed by atoms with E-state index in [9.17, 15) is 4.79 Å². The van der Waals surface area contributed by atoms with Crippen LogP contribution in [0.4, 0.5) is 5.69 Å². The van der Waals surface area contributed by atoms with Crippen molar-refractivity contribution in [3.63, 3.8) is 0 Å². The molecule has 4 heteroatoms. The Hall–Kier alpha value is -1.00. The van der Waals surface area contributed by atoms with Gasteiger partial charge in [-0.2, -0.15) is 0 Å². The quantitative estimate of drug-likeness (QED) is 0.800. The zero-order chi connectivity index (χ0) is 12.0. The van der Waals surface area contributed by atoms with Crippen molar-refractivity contribution in [1.29, 1.82) is 0 Å². The maximum absolute atomic E-state index is 11.8. The third-order valence-electron chi connectivity index (χ3n) is 3.42. The lowest BCUT2D eigenvalue weighted by molar-refractivity contribution is -0.117. The first kappa shape index (κ1) is 11.1. The number of thioether (sulfide) groups is 1. The van der Waals surface area contributed by atoms with Crippen LogP contribution in [0.25, 0.3) is 0 Å². The van der Waals surface area contributed by atoms with E-state index in [4.69, 9.17) is 0 Å². The van der Waals surface area contributed by atoms with Crippen molar-refractivity contribution in [2.24, 2.45) is 0 Å². The van der Waals surface area contributed by atoms with E-state index in [2.05, 4.69) is 22.8 Å². The molecule has 2 heterocycles. The third-order valence-corrected chi connectivity index (χ3v) is 4.67.